The zero-order valence-corrected chi connectivity index (χ0v) is 8.36. The highest BCUT2D eigenvalue weighted by Crippen LogP contribution is 2.48. The van der Waals surface area contributed by atoms with Crippen LogP contribution in [0.3, 0.4) is 0 Å². The number of allylic oxidation sites excluding steroid dienone is 2. The summed E-state index contributed by atoms with van der Waals surface area (Å²) < 4.78 is 5.44. The molecule has 0 heterocycles. The van der Waals surface area contributed by atoms with Gasteiger partial charge in [-0.1, -0.05) is 24.3 Å². The summed E-state index contributed by atoms with van der Waals surface area (Å²) in [6, 6.07) is 8.78. The largest absolute Gasteiger partial charge is 0.501 e. The van der Waals surface area contributed by atoms with Gasteiger partial charge in [-0.2, -0.15) is 0 Å². The molecule has 14 heavy (non-hydrogen) atoms. The molecule has 0 aromatic heterocycles. The van der Waals surface area contributed by atoms with Crippen LogP contribution in [0, 0.1) is 0 Å². The van der Waals surface area contributed by atoms with Gasteiger partial charge >= 0.3 is 0 Å². The van der Waals surface area contributed by atoms with E-state index in [-0.39, 0.29) is 0 Å². The fourth-order valence-electron chi connectivity index (χ4n) is 2.82. The van der Waals surface area contributed by atoms with Crippen molar-refractivity contribution in [1.82, 2.24) is 0 Å². The Hall–Kier alpha value is -1.24. The standard InChI is InChI=1S/C13H14O/c1-14-13-8-9-6-7-12(13)11-5-3-2-4-10(9)11/h2-5,8-9,12H,6-7H2,1H3. The lowest BCUT2D eigenvalue weighted by Crippen LogP contribution is -2.21. The third-order valence-corrected chi connectivity index (χ3v) is 3.48. The number of hydrogen-bond acceptors (Lipinski definition) is 1. The summed E-state index contributed by atoms with van der Waals surface area (Å²) in [7, 11) is 1.79. The van der Waals surface area contributed by atoms with Gasteiger partial charge in [-0.15, -0.1) is 0 Å². The lowest BCUT2D eigenvalue weighted by molar-refractivity contribution is 0.240. The Morgan fingerprint density at radius 2 is 1.93 bits per heavy atom. The van der Waals surface area contributed by atoms with Crippen LogP contribution in [0.15, 0.2) is 36.1 Å². The van der Waals surface area contributed by atoms with Crippen molar-refractivity contribution in [2.75, 3.05) is 7.11 Å². The van der Waals surface area contributed by atoms with Gasteiger partial charge in [0.25, 0.3) is 0 Å². The lowest BCUT2D eigenvalue weighted by Gasteiger charge is -2.36. The third-order valence-electron chi connectivity index (χ3n) is 3.48. The molecule has 2 bridgehead atoms. The normalized spacial score (nSPS) is 28.2. The Bertz CT molecular complexity index is 392. The van der Waals surface area contributed by atoms with Gasteiger partial charge in [0.1, 0.15) is 0 Å². The van der Waals surface area contributed by atoms with Crippen molar-refractivity contribution in [1.29, 1.82) is 0 Å². The highest BCUT2D eigenvalue weighted by Gasteiger charge is 2.34. The van der Waals surface area contributed by atoms with Crippen molar-refractivity contribution in [3.8, 4) is 0 Å². The van der Waals surface area contributed by atoms with Crippen molar-refractivity contribution in [2.45, 2.75) is 24.7 Å². The predicted molar refractivity (Wildman–Crippen MR) is 56.3 cm³/mol. The van der Waals surface area contributed by atoms with Gasteiger partial charge in [-0.25, -0.2) is 0 Å². The smallest absolute Gasteiger partial charge is 0.0996 e. The molecule has 1 aromatic rings. The van der Waals surface area contributed by atoms with Crippen molar-refractivity contribution < 1.29 is 4.74 Å². The van der Waals surface area contributed by atoms with E-state index in [4.69, 9.17) is 4.74 Å². The number of fused-ring (bicyclic) bond motifs is 1. The Balaban J connectivity index is 2.15. The molecular formula is C13H14O. The first kappa shape index (κ1) is 8.10. The summed E-state index contributed by atoms with van der Waals surface area (Å²) in [5, 5.41) is 0. The Morgan fingerprint density at radius 3 is 2.71 bits per heavy atom. The predicted octanol–water partition coefficient (Wildman–Crippen LogP) is 3.19. The third kappa shape index (κ3) is 0.955. The van der Waals surface area contributed by atoms with Gasteiger partial charge in [0.2, 0.25) is 0 Å². The topological polar surface area (TPSA) is 9.23 Å². The highest BCUT2D eigenvalue weighted by molar-refractivity contribution is 5.45. The van der Waals surface area contributed by atoms with E-state index in [9.17, 15) is 0 Å². The average Bonchev–Trinajstić information content (AvgIpc) is 2.30. The molecule has 0 saturated heterocycles. The molecule has 0 spiro atoms. The second kappa shape index (κ2) is 2.88. The molecule has 0 N–H and O–H groups in total. The summed E-state index contributed by atoms with van der Waals surface area (Å²) in [5.74, 6) is 2.31. The average molecular weight is 186 g/mol. The molecule has 4 rings (SSSR count). The fourth-order valence-corrected chi connectivity index (χ4v) is 2.82. The minimum atomic E-state index is 0.529. The Kier molecular flexibility index (Phi) is 1.66. The molecular weight excluding hydrogens is 172 g/mol. The van der Waals surface area contributed by atoms with E-state index in [2.05, 4.69) is 30.3 Å². The van der Waals surface area contributed by atoms with Gasteiger partial charge in [0.15, 0.2) is 0 Å². The second-order valence-electron chi connectivity index (χ2n) is 4.14. The molecule has 0 aliphatic heterocycles. The van der Waals surface area contributed by atoms with Crippen molar-refractivity contribution in [2.24, 2.45) is 0 Å². The first-order chi connectivity index (χ1) is 6.90. The molecule has 3 aliphatic rings. The molecule has 0 radical (unpaired) electrons. The molecule has 0 fully saturated rings. The van der Waals surface area contributed by atoms with Crippen LogP contribution in [-0.2, 0) is 4.74 Å². The van der Waals surface area contributed by atoms with Gasteiger partial charge < -0.3 is 4.74 Å². The van der Waals surface area contributed by atoms with Crippen LogP contribution in [0.2, 0.25) is 0 Å². The molecule has 1 heteroatoms. The zero-order chi connectivity index (χ0) is 9.54. The minimum Gasteiger partial charge on any atom is -0.501 e. The summed E-state index contributed by atoms with van der Waals surface area (Å²) in [6.45, 7) is 0. The van der Waals surface area contributed by atoms with Crippen molar-refractivity contribution >= 4 is 0 Å². The first-order valence-corrected chi connectivity index (χ1v) is 5.24. The van der Waals surface area contributed by atoms with E-state index in [1.807, 2.05) is 0 Å². The van der Waals surface area contributed by atoms with Crippen molar-refractivity contribution in [3.63, 3.8) is 0 Å². The van der Waals surface area contributed by atoms with Crippen LogP contribution in [0.1, 0.15) is 35.8 Å². The quantitative estimate of drug-likeness (QED) is 0.654. The summed E-state index contributed by atoms with van der Waals surface area (Å²) in [5.41, 5.74) is 3.01. The van der Waals surface area contributed by atoms with Gasteiger partial charge in [0, 0.05) is 11.8 Å². The number of benzene rings is 1. The SMILES string of the molecule is COC1=CC2CCC1c1ccccc12. The molecule has 72 valence electrons. The van der Waals surface area contributed by atoms with E-state index < -0.39 is 0 Å². The van der Waals surface area contributed by atoms with E-state index in [0.29, 0.717) is 11.8 Å². The van der Waals surface area contributed by atoms with Crippen LogP contribution >= 0.6 is 0 Å². The number of rotatable bonds is 1. The van der Waals surface area contributed by atoms with E-state index >= 15 is 0 Å². The van der Waals surface area contributed by atoms with E-state index in [0.717, 1.165) is 0 Å². The molecule has 3 aliphatic carbocycles. The van der Waals surface area contributed by atoms with Gasteiger partial charge in [0.05, 0.1) is 12.9 Å². The fraction of sp³-hybridized carbons (Fsp3) is 0.385. The molecule has 0 saturated carbocycles. The summed E-state index contributed by atoms with van der Waals surface area (Å²) >= 11 is 0. The Morgan fingerprint density at radius 1 is 1.14 bits per heavy atom. The maximum absolute atomic E-state index is 5.44. The molecule has 2 atom stereocenters. The highest BCUT2D eigenvalue weighted by atomic mass is 16.5. The number of ether oxygens (including phenoxy) is 1. The van der Waals surface area contributed by atoms with Gasteiger partial charge in [-0.3, -0.25) is 0 Å². The molecule has 0 amide bonds. The van der Waals surface area contributed by atoms with Crippen LogP contribution in [0.25, 0.3) is 0 Å². The Labute approximate surface area is 84.4 Å². The zero-order valence-electron chi connectivity index (χ0n) is 8.36. The molecule has 1 nitrogen and oxygen atoms in total. The molecule has 1 aromatic carbocycles. The summed E-state index contributed by atoms with van der Waals surface area (Å²) in [6.07, 6.45) is 4.84. The van der Waals surface area contributed by atoms with E-state index in [1.165, 1.54) is 29.7 Å². The maximum atomic E-state index is 5.44. The monoisotopic (exact) mass is 186 g/mol. The van der Waals surface area contributed by atoms with Crippen LogP contribution in [0.4, 0.5) is 0 Å². The second-order valence-corrected chi connectivity index (χ2v) is 4.14. The van der Waals surface area contributed by atoms with E-state index in [1.54, 1.807) is 7.11 Å². The van der Waals surface area contributed by atoms with Gasteiger partial charge in [-0.05, 0) is 30.0 Å². The van der Waals surface area contributed by atoms with Crippen LogP contribution in [-0.4, -0.2) is 7.11 Å². The summed E-state index contributed by atoms with van der Waals surface area (Å²) in [4.78, 5) is 0. The van der Waals surface area contributed by atoms with Crippen LogP contribution < -0.4 is 0 Å². The van der Waals surface area contributed by atoms with Crippen LogP contribution in [0.5, 0.6) is 0 Å². The minimum absolute atomic E-state index is 0.529. The number of hydrogen-bond donors (Lipinski definition) is 0. The number of methoxy groups -OCH3 is 1. The molecule has 2 unspecified atom stereocenters. The lowest BCUT2D eigenvalue weighted by atomic mass is 9.70. The first-order valence-electron chi connectivity index (χ1n) is 5.24. The van der Waals surface area contributed by atoms with Crippen molar-refractivity contribution in [3.05, 3.63) is 47.2 Å². The maximum Gasteiger partial charge on any atom is 0.0996 e.